The van der Waals surface area contributed by atoms with E-state index in [1.165, 1.54) is 0 Å². The molecule has 0 bridgehead atoms. The monoisotopic (exact) mass is 306 g/mol. The van der Waals surface area contributed by atoms with Crippen molar-refractivity contribution in [1.29, 1.82) is 5.26 Å². The molecule has 0 amide bonds. The Bertz CT molecular complexity index is 446. The lowest BCUT2D eigenvalue weighted by Gasteiger charge is -2.39. The first-order valence-electron chi connectivity index (χ1n) is 6.47. The lowest BCUT2D eigenvalue weighted by Crippen LogP contribution is -2.32. The molecule has 0 aliphatic heterocycles. The van der Waals surface area contributed by atoms with Crippen LogP contribution in [0, 0.1) is 22.2 Å². The molecular weight excluding hydrogens is 288 g/mol. The third-order valence-electron chi connectivity index (χ3n) is 4.11. The Balaban J connectivity index is 2.11. The number of pyridine rings is 1. The summed E-state index contributed by atoms with van der Waals surface area (Å²) in [6.45, 7) is 4.60. The average Bonchev–Trinajstić information content (AvgIpc) is 2.35. The Morgan fingerprint density at radius 2 is 1.94 bits per heavy atom. The number of hydrogen-bond donors (Lipinski definition) is 0. The molecule has 0 N–H and O–H groups in total. The molecule has 0 atom stereocenters. The van der Waals surface area contributed by atoms with Crippen molar-refractivity contribution < 1.29 is 0 Å². The molecule has 0 spiro atoms. The van der Waals surface area contributed by atoms with E-state index in [4.69, 9.17) is 0 Å². The summed E-state index contributed by atoms with van der Waals surface area (Å²) in [7, 11) is 0. The van der Waals surface area contributed by atoms with Crippen LogP contribution < -0.4 is 0 Å². The van der Waals surface area contributed by atoms with Crippen LogP contribution in [-0.4, -0.2) is 4.98 Å². The fourth-order valence-corrected chi connectivity index (χ4v) is 2.83. The summed E-state index contributed by atoms with van der Waals surface area (Å²) >= 11 is 3.39. The van der Waals surface area contributed by atoms with E-state index in [0.29, 0.717) is 5.41 Å². The minimum absolute atomic E-state index is 0.198. The van der Waals surface area contributed by atoms with Gasteiger partial charge in [-0.3, -0.25) is 4.98 Å². The van der Waals surface area contributed by atoms with Crippen molar-refractivity contribution in [3.05, 3.63) is 28.5 Å². The third-order valence-corrected chi connectivity index (χ3v) is 4.58. The summed E-state index contributed by atoms with van der Waals surface area (Å²) < 4.78 is 0.988. The zero-order valence-electron chi connectivity index (χ0n) is 11.0. The van der Waals surface area contributed by atoms with Gasteiger partial charge in [-0.2, -0.15) is 5.26 Å². The lowest BCUT2D eigenvalue weighted by molar-refractivity contribution is 0.145. The van der Waals surface area contributed by atoms with Crippen molar-refractivity contribution in [3.63, 3.8) is 0 Å². The Kier molecular flexibility index (Phi) is 3.77. The molecule has 1 fully saturated rings. The highest BCUT2D eigenvalue weighted by molar-refractivity contribution is 9.10. The molecule has 0 radical (unpaired) electrons. The Hall–Kier alpha value is -0.880. The van der Waals surface area contributed by atoms with Crippen LogP contribution in [0.4, 0.5) is 0 Å². The van der Waals surface area contributed by atoms with E-state index in [9.17, 15) is 5.26 Å². The first-order valence-corrected chi connectivity index (χ1v) is 7.26. The molecule has 1 aromatic heterocycles. The van der Waals surface area contributed by atoms with Crippen molar-refractivity contribution in [2.45, 2.75) is 46.0 Å². The van der Waals surface area contributed by atoms with Gasteiger partial charge in [0.05, 0.1) is 11.5 Å². The molecule has 0 unspecified atom stereocenters. The van der Waals surface area contributed by atoms with Gasteiger partial charge in [0.2, 0.25) is 0 Å². The molecule has 2 rings (SSSR count). The van der Waals surface area contributed by atoms with Gasteiger partial charge in [0.15, 0.2) is 0 Å². The highest BCUT2D eigenvalue weighted by Crippen LogP contribution is 2.46. The standard InChI is InChI=1S/C15H19BrN2/c1-14(2)5-7-15(11-17,8-6-14)9-13-4-3-12(16)10-18-13/h3-4,10H,5-9H2,1-2H3. The van der Waals surface area contributed by atoms with E-state index in [0.717, 1.165) is 42.3 Å². The van der Waals surface area contributed by atoms with Gasteiger partial charge >= 0.3 is 0 Å². The van der Waals surface area contributed by atoms with Crippen LogP contribution in [0.2, 0.25) is 0 Å². The normalized spacial score (nSPS) is 21.2. The van der Waals surface area contributed by atoms with E-state index < -0.39 is 0 Å². The smallest absolute Gasteiger partial charge is 0.0693 e. The molecule has 0 saturated heterocycles. The van der Waals surface area contributed by atoms with Crippen LogP contribution in [-0.2, 0) is 6.42 Å². The van der Waals surface area contributed by atoms with Gasteiger partial charge in [0.25, 0.3) is 0 Å². The molecule has 3 heteroatoms. The second-order valence-electron chi connectivity index (χ2n) is 6.20. The molecule has 1 saturated carbocycles. The number of aromatic nitrogens is 1. The summed E-state index contributed by atoms with van der Waals surface area (Å²) in [5, 5.41) is 9.54. The molecule has 1 aliphatic carbocycles. The topological polar surface area (TPSA) is 36.7 Å². The summed E-state index contributed by atoms with van der Waals surface area (Å²) in [6, 6.07) is 6.58. The fourth-order valence-electron chi connectivity index (χ4n) is 2.59. The summed E-state index contributed by atoms with van der Waals surface area (Å²) in [4.78, 5) is 4.40. The lowest BCUT2D eigenvalue weighted by atomic mass is 9.64. The SMILES string of the molecule is CC1(C)CCC(C#N)(Cc2ccc(Br)cn2)CC1. The minimum Gasteiger partial charge on any atom is -0.260 e. The van der Waals surface area contributed by atoms with Gasteiger partial charge < -0.3 is 0 Å². The van der Waals surface area contributed by atoms with E-state index in [2.05, 4.69) is 40.8 Å². The molecule has 2 nitrogen and oxygen atoms in total. The largest absolute Gasteiger partial charge is 0.260 e. The van der Waals surface area contributed by atoms with E-state index in [-0.39, 0.29) is 5.41 Å². The molecule has 1 aromatic rings. The highest BCUT2D eigenvalue weighted by Gasteiger charge is 2.38. The van der Waals surface area contributed by atoms with Crippen molar-refractivity contribution in [2.75, 3.05) is 0 Å². The van der Waals surface area contributed by atoms with Crippen molar-refractivity contribution in [1.82, 2.24) is 4.98 Å². The van der Waals surface area contributed by atoms with Crippen molar-refractivity contribution in [3.8, 4) is 6.07 Å². The predicted molar refractivity (Wildman–Crippen MR) is 75.9 cm³/mol. The van der Waals surface area contributed by atoms with Crippen LogP contribution in [0.25, 0.3) is 0 Å². The number of hydrogen-bond acceptors (Lipinski definition) is 2. The Labute approximate surface area is 118 Å². The van der Waals surface area contributed by atoms with E-state index >= 15 is 0 Å². The molecule has 1 heterocycles. The first kappa shape index (κ1) is 13.5. The van der Waals surface area contributed by atoms with E-state index in [1.807, 2.05) is 18.3 Å². The Morgan fingerprint density at radius 1 is 1.28 bits per heavy atom. The van der Waals surface area contributed by atoms with Gasteiger partial charge in [-0.05, 0) is 59.2 Å². The third kappa shape index (κ3) is 3.11. The number of halogens is 1. The van der Waals surface area contributed by atoms with Crippen LogP contribution >= 0.6 is 15.9 Å². The fraction of sp³-hybridized carbons (Fsp3) is 0.600. The maximum Gasteiger partial charge on any atom is 0.0693 e. The average molecular weight is 307 g/mol. The zero-order chi connectivity index (χ0) is 13.2. The second kappa shape index (κ2) is 5.01. The van der Waals surface area contributed by atoms with Gasteiger partial charge in [-0.1, -0.05) is 13.8 Å². The van der Waals surface area contributed by atoms with E-state index in [1.54, 1.807) is 0 Å². The van der Waals surface area contributed by atoms with Crippen LogP contribution in [0.15, 0.2) is 22.8 Å². The van der Waals surface area contributed by atoms with Crippen molar-refractivity contribution >= 4 is 15.9 Å². The maximum absolute atomic E-state index is 9.54. The van der Waals surface area contributed by atoms with Gasteiger partial charge in [0.1, 0.15) is 0 Å². The van der Waals surface area contributed by atoms with Crippen molar-refractivity contribution in [2.24, 2.45) is 10.8 Å². The summed E-state index contributed by atoms with van der Waals surface area (Å²) in [5.74, 6) is 0. The Morgan fingerprint density at radius 3 is 2.44 bits per heavy atom. The maximum atomic E-state index is 9.54. The first-order chi connectivity index (χ1) is 8.45. The van der Waals surface area contributed by atoms with Gasteiger partial charge in [-0.25, -0.2) is 0 Å². The van der Waals surface area contributed by atoms with Crippen LogP contribution in [0.5, 0.6) is 0 Å². The van der Waals surface area contributed by atoms with Gasteiger partial charge in [0, 0.05) is 22.8 Å². The quantitative estimate of drug-likeness (QED) is 0.807. The summed E-state index contributed by atoms with van der Waals surface area (Å²) in [5.41, 5.74) is 1.23. The highest BCUT2D eigenvalue weighted by atomic mass is 79.9. The molecule has 0 aromatic carbocycles. The second-order valence-corrected chi connectivity index (χ2v) is 7.12. The summed E-state index contributed by atoms with van der Waals surface area (Å²) in [6.07, 6.45) is 6.86. The minimum atomic E-state index is -0.198. The number of rotatable bonds is 2. The zero-order valence-corrected chi connectivity index (χ0v) is 12.6. The van der Waals surface area contributed by atoms with Gasteiger partial charge in [-0.15, -0.1) is 0 Å². The molecule has 18 heavy (non-hydrogen) atoms. The molecule has 1 aliphatic rings. The van der Waals surface area contributed by atoms with Crippen LogP contribution in [0.3, 0.4) is 0 Å². The molecular formula is C15H19BrN2. The predicted octanol–water partition coefficient (Wildman–Crippen LogP) is 4.50. The number of nitriles is 1. The number of nitrogens with zero attached hydrogens (tertiary/aromatic N) is 2. The van der Waals surface area contributed by atoms with Crippen LogP contribution in [0.1, 0.15) is 45.2 Å². The molecule has 96 valence electrons.